The van der Waals surface area contributed by atoms with Gasteiger partial charge in [0.25, 0.3) is 5.91 Å². The number of hydrogen-bond donors (Lipinski definition) is 3. The number of halogens is 1. The highest BCUT2D eigenvalue weighted by molar-refractivity contribution is 7.59. The minimum absolute atomic E-state index is 0. The van der Waals surface area contributed by atoms with Crippen molar-refractivity contribution in [3.63, 3.8) is 0 Å². The molecule has 1 unspecified atom stereocenters. The highest BCUT2D eigenvalue weighted by Crippen LogP contribution is 2.19. The van der Waals surface area contributed by atoms with Crippen molar-refractivity contribution < 1.29 is 14.6 Å². The second-order valence-electron chi connectivity index (χ2n) is 7.66. The highest BCUT2D eigenvalue weighted by Gasteiger charge is 2.19. The van der Waals surface area contributed by atoms with E-state index in [-0.39, 0.29) is 31.8 Å². The second-order valence-corrected chi connectivity index (χ2v) is 8.10. The van der Waals surface area contributed by atoms with Crippen molar-refractivity contribution in [2.45, 2.75) is 31.8 Å². The summed E-state index contributed by atoms with van der Waals surface area (Å²) in [5.74, 6) is 0.753. The van der Waals surface area contributed by atoms with E-state index < -0.39 is 11.9 Å². The molecule has 3 N–H and O–H groups in total. The number of anilines is 1. The number of aliphatic hydroxyl groups excluding tert-OH is 1. The normalized spacial score (nSPS) is 14.9. The fourth-order valence-corrected chi connectivity index (χ4v) is 3.73. The van der Waals surface area contributed by atoms with Crippen molar-refractivity contribution in [3.05, 3.63) is 64.8 Å². The summed E-state index contributed by atoms with van der Waals surface area (Å²) in [7, 11) is 0. The lowest BCUT2D eigenvalue weighted by molar-refractivity contribution is 0.0902. The van der Waals surface area contributed by atoms with Crippen LogP contribution in [-0.2, 0) is 4.74 Å². The molecule has 1 aliphatic heterocycles. The van der Waals surface area contributed by atoms with Crippen LogP contribution in [0.2, 0.25) is 5.02 Å². The summed E-state index contributed by atoms with van der Waals surface area (Å²) in [5.41, 5.74) is 1.77. The Kier molecular flexibility index (Phi) is 8.67. The third-order valence-corrected chi connectivity index (χ3v) is 5.53. The summed E-state index contributed by atoms with van der Waals surface area (Å²) in [4.78, 5) is 26.0. The van der Waals surface area contributed by atoms with Crippen LogP contribution < -0.4 is 10.6 Å². The highest BCUT2D eigenvalue weighted by atomic mass is 35.5. The van der Waals surface area contributed by atoms with Gasteiger partial charge in [0.2, 0.25) is 5.95 Å². The van der Waals surface area contributed by atoms with Gasteiger partial charge in [-0.3, -0.25) is 9.36 Å². The first-order chi connectivity index (χ1) is 15.5. The number of aromatic nitrogens is 4. The van der Waals surface area contributed by atoms with E-state index in [0.29, 0.717) is 22.4 Å². The summed E-state index contributed by atoms with van der Waals surface area (Å²) in [6, 6.07) is 6.68. The number of imidazole rings is 1. The third-order valence-electron chi connectivity index (χ3n) is 5.30. The number of carbonyl (C=O) groups is 1. The van der Waals surface area contributed by atoms with Gasteiger partial charge in [0.1, 0.15) is 17.8 Å². The van der Waals surface area contributed by atoms with E-state index >= 15 is 0 Å². The van der Waals surface area contributed by atoms with Crippen molar-refractivity contribution in [3.8, 4) is 5.82 Å². The Hall–Kier alpha value is -2.66. The molecule has 0 radical (unpaired) electrons. The standard InChI is InChI=1S/C22H25ClN6O3.H2S/c1-14-10-24-22(26-17-5-7-32-8-6-17)28-20(14)29-11-18(25-13-29)21(31)27-19(12-30)15-3-2-4-16(23)9-15;/h2-4,9-11,13,17,19,30H,5-8,12H2,1H3,(H,27,31)(H,24,26,28);1H2. The molecule has 0 saturated carbocycles. The van der Waals surface area contributed by atoms with Crippen LogP contribution in [0.5, 0.6) is 0 Å². The monoisotopic (exact) mass is 490 g/mol. The number of ether oxygens (including phenoxy) is 1. The van der Waals surface area contributed by atoms with Gasteiger partial charge < -0.3 is 20.5 Å². The molecule has 3 aromatic rings. The first-order valence-electron chi connectivity index (χ1n) is 10.4. The average Bonchev–Trinajstić information content (AvgIpc) is 3.29. The van der Waals surface area contributed by atoms with Crippen molar-refractivity contribution in [1.29, 1.82) is 0 Å². The van der Waals surface area contributed by atoms with Crippen LogP contribution in [0, 0.1) is 6.92 Å². The van der Waals surface area contributed by atoms with Gasteiger partial charge in [-0.25, -0.2) is 9.97 Å². The van der Waals surface area contributed by atoms with Crippen LogP contribution in [0.4, 0.5) is 5.95 Å². The number of aliphatic hydroxyl groups is 1. The van der Waals surface area contributed by atoms with E-state index in [0.717, 1.165) is 31.6 Å². The Morgan fingerprint density at radius 1 is 1.33 bits per heavy atom. The zero-order chi connectivity index (χ0) is 22.5. The van der Waals surface area contributed by atoms with Gasteiger partial charge in [0, 0.05) is 42.2 Å². The number of rotatable bonds is 7. The van der Waals surface area contributed by atoms with Gasteiger partial charge in [-0.1, -0.05) is 23.7 Å². The van der Waals surface area contributed by atoms with Crippen LogP contribution in [0.3, 0.4) is 0 Å². The van der Waals surface area contributed by atoms with Gasteiger partial charge in [-0.15, -0.1) is 0 Å². The molecule has 0 aliphatic carbocycles. The largest absolute Gasteiger partial charge is 0.394 e. The molecule has 1 saturated heterocycles. The van der Waals surface area contributed by atoms with Crippen LogP contribution in [0.15, 0.2) is 43.0 Å². The molecule has 11 heteroatoms. The number of nitrogens with zero attached hydrogens (tertiary/aromatic N) is 4. The molecule has 1 atom stereocenters. The van der Waals surface area contributed by atoms with Crippen LogP contribution >= 0.6 is 25.1 Å². The molecule has 3 heterocycles. The predicted molar refractivity (Wildman–Crippen MR) is 130 cm³/mol. The lowest BCUT2D eigenvalue weighted by Gasteiger charge is -2.23. The fraction of sp³-hybridized carbons (Fsp3) is 0.364. The topological polar surface area (TPSA) is 114 Å². The molecule has 2 aromatic heterocycles. The SMILES string of the molecule is Cc1cnc(NC2CCOCC2)nc1-n1cnc(C(=O)NC(CO)c2cccc(Cl)c2)c1.S. The quantitative estimate of drug-likeness (QED) is 0.466. The van der Waals surface area contributed by atoms with Crippen LogP contribution in [-0.4, -0.2) is 56.4 Å². The Balaban J connectivity index is 0.00000306. The molecule has 1 amide bonds. The van der Waals surface area contributed by atoms with Gasteiger partial charge in [0.15, 0.2) is 0 Å². The Labute approximate surface area is 204 Å². The molecule has 1 fully saturated rings. The smallest absolute Gasteiger partial charge is 0.272 e. The first-order valence-corrected chi connectivity index (χ1v) is 10.8. The van der Waals surface area contributed by atoms with E-state index in [9.17, 15) is 9.90 Å². The van der Waals surface area contributed by atoms with Crippen LogP contribution in [0.1, 0.15) is 40.5 Å². The molecule has 0 bridgehead atoms. The fourth-order valence-electron chi connectivity index (χ4n) is 3.53. The lowest BCUT2D eigenvalue weighted by atomic mass is 10.1. The summed E-state index contributed by atoms with van der Waals surface area (Å²) in [6.07, 6.45) is 6.69. The maximum Gasteiger partial charge on any atom is 0.272 e. The van der Waals surface area contributed by atoms with Crippen molar-refractivity contribution in [1.82, 2.24) is 24.8 Å². The van der Waals surface area contributed by atoms with Gasteiger partial charge in [-0.05, 0) is 37.5 Å². The molecule has 33 heavy (non-hydrogen) atoms. The molecule has 4 rings (SSSR count). The molecule has 9 nitrogen and oxygen atoms in total. The van der Waals surface area contributed by atoms with E-state index in [1.807, 2.05) is 6.92 Å². The Morgan fingerprint density at radius 2 is 2.12 bits per heavy atom. The number of benzene rings is 1. The van der Waals surface area contributed by atoms with Crippen LogP contribution in [0.25, 0.3) is 5.82 Å². The lowest BCUT2D eigenvalue weighted by Crippen LogP contribution is -2.31. The van der Waals surface area contributed by atoms with E-state index in [1.54, 1.807) is 41.2 Å². The first kappa shape index (κ1) is 25.0. The molecule has 1 aromatic carbocycles. The number of amides is 1. The minimum atomic E-state index is -0.595. The van der Waals surface area contributed by atoms with Gasteiger partial charge >= 0.3 is 0 Å². The molecular formula is C22H27ClN6O3S. The van der Waals surface area contributed by atoms with E-state index in [2.05, 4.69) is 25.6 Å². The predicted octanol–water partition coefficient (Wildman–Crippen LogP) is 2.79. The molecule has 176 valence electrons. The van der Waals surface area contributed by atoms with Crippen molar-refractivity contribution in [2.24, 2.45) is 0 Å². The second kappa shape index (κ2) is 11.5. The molecular weight excluding hydrogens is 464 g/mol. The zero-order valence-corrected chi connectivity index (χ0v) is 19.9. The maximum absolute atomic E-state index is 12.7. The van der Waals surface area contributed by atoms with E-state index in [1.165, 1.54) is 6.33 Å². The molecule has 0 spiro atoms. The van der Waals surface area contributed by atoms with Gasteiger partial charge in [-0.2, -0.15) is 18.5 Å². The van der Waals surface area contributed by atoms with Gasteiger partial charge in [0.05, 0.1) is 12.6 Å². The third kappa shape index (κ3) is 6.23. The number of hydrogen-bond acceptors (Lipinski definition) is 7. The molecule has 1 aliphatic rings. The number of aryl methyl sites for hydroxylation is 1. The minimum Gasteiger partial charge on any atom is -0.394 e. The summed E-state index contributed by atoms with van der Waals surface area (Å²) >= 11 is 6.03. The van der Waals surface area contributed by atoms with Crippen molar-refractivity contribution in [2.75, 3.05) is 25.1 Å². The summed E-state index contributed by atoms with van der Waals surface area (Å²) in [5, 5.41) is 16.4. The Bertz CT molecular complexity index is 1090. The average molecular weight is 491 g/mol. The Morgan fingerprint density at radius 3 is 2.85 bits per heavy atom. The zero-order valence-electron chi connectivity index (χ0n) is 18.2. The van der Waals surface area contributed by atoms with Crippen molar-refractivity contribution >= 4 is 37.0 Å². The number of nitrogens with one attached hydrogen (secondary N) is 2. The number of carbonyl (C=O) groups excluding carboxylic acids is 1. The summed E-state index contributed by atoms with van der Waals surface area (Å²) in [6.45, 7) is 3.08. The maximum atomic E-state index is 12.7. The van der Waals surface area contributed by atoms with E-state index in [4.69, 9.17) is 16.3 Å². The summed E-state index contributed by atoms with van der Waals surface area (Å²) < 4.78 is 7.08.